The maximum atomic E-state index is 13.0. The van der Waals surface area contributed by atoms with Gasteiger partial charge in [0, 0.05) is 31.0 Å². The van der Waals surface area contributed by atoms with Crippen LogP contribution in [0.5, 0.6) is 0 Å². The zero-order valence-electron chi connectivity index (χ0n) is 12.2. The van der Waals surface area contributed by atoms with Gasteiger partial charge in [0.25, 0.3) is 5.69 Å². The molecule has 0 aliphatic heterocycles. The van der Waals surface area contributed by atoms with Crippen molar-refractivity contribution in [3.05, 3.63) is 33.9 Å². The van der Waals surface area contributed by atoms with Crippen LogP contribution in [0.4, 0.5) is 24.5 Å². The summed E-state index contributed by atoms with van der Waals surface area (Å²) in [5.74, 6) is 0.529. The molecule has 1 aromatic carbocycles. The van der Waals surface area contributed by atoms with Gasteiger partial charge >= 0.3 is 6.18 Å². The third-order valence-corrected chi connectivity index (χ3v) is 3.41. The molecule has 0 amide bonds. The monoisotopic (exact) mass is 334 g/mol. The van der Waals surface area contributed by atoms with E-state index >= 15 is 0 Å². The quantitative estimate of drug-likeness (QED) is 0.564. The molecule has 1 aliphatic carbocycles. The van der Waals surface area contributed by atoms with Crippen LogP contribution in [0.1, 0.15) is 18.4 Å². The number of non-ortho nitro benzene ring substituents is 1. The molecule has 1 fully saturated rings. The Kier molecular flexibility index (Phi) is 5.42. The lowest BCUT2D eigenvalue weighted by Gasteiger charge is -2.17. The van der Waals surface area contributed by atoms with Crippen LogP contribution in [0.25, 0.3) is 0 Å². The van der Waals surface area contributed by atoms with Crippen molar-refractivity contribution in [1.29, 1.82) is 0 Å². The maximum absolute atomic E-state index is 13.0. The molecular weight excluding hydrogens is 317 g/mol. The fraction of sp³-hybridized carbons (Fsp3) is 0.571. The highest BCUT2D eigenvalue weighted by atomic mass is 19.4. The van der Waals surface area contributed by atoms with Crippen molar-refractivity contribution >= 4 is 11.4 Å². The number of anilines is 1. The van der Waals surface area contributed by atoms with Gasteiger partial charge < -0.3 is 15.2 Å². The molecule has 2 N–H and O–H groups in total. The summed E-state index contributed by atoms with van der Waals surface area (Å²) < 4.78 is 44.1. The third-order valence-electron chi connectivity index (χ3n) is 3.41. The molecule has 9 heteroatoms. The largest absolute Gasteiger partial charge is 0.418 e. The predicted octanol–water partition coefficient (Wildman–Crippen LogP) is 2.81. The number of ether oxygens (including phenoxy) is 1. The summed E-state index contributed by atoms with van der Waals surface area (Å²) >= 11 is 0. The molecule has 1 atom stereocenters. The van der Waals surface area contributed by atoms with E-state index in [0.29, 0.717) is 18.6 Å². The Morgan fingerprint density at radius 3 is 2.70 bits per heavy atom. The minimum atomic E-state index is -4.73. The summed E-state index contributed by atoms with van der Waals surface area (Å²) in [7, 11) is 0. The highest BCUT2D eigenvalue weighted by Crippen LogP contribution is 2.37. The smallest absolute Gasteiger partial charge is 0.389 e. The average Bonchev–Trinajstić information content (AvgIpc) is 3.28. The second kappa shape index (κ2) is 7.14. The number of aliphatic hydroxyl groups excluding tert-OH is 1. The Bertz CT molecular complexity index is 561. The van der Waals surface area contributed by atoms with Crippen LogP contribution < -0.4 is 5.32 Å². The SMILES string of the molecule is O=[N+]([O-])c1ccc(NCC(O)COCC2CC2)c(C(F)(F)F)c1. The number of nitrogens with zero attached hydrogens (tertiary/aromatic N) is 1. The summed E-state index contributed by atoms with van der Waals surface area (Å²) in [5, 5.41) is 22.8. The minimum absolute atomic E-state index is 0.0256. The summed E-state index contributed by atoms with van der Waals surface area (Å²) in [6, 6.07) is 2.44. The molecule has 0 bridgehead atoms. The first-order valence-corrected chi connectivity index (χ1v) is 7.12. The van der Waals surface area contributed by atoms with E-state index in [1.54, 1.807) is 0 Å². The van der Waals surface area contributed by atoms with Crippen LogP contribution in [0.3, 0.4) is 0 Å². The number of halogens is 3. The van der Waals surface area contributed by atoms with E-state index in [9.17, 15) is 28.4 Å². The molecule has 1 aliphatic rings. The lowest BCUT2D eigenvalue weighted by Crippen LogP contribution is -2.26. The summed E-state index contributed by atoms with van der Waals surface area (Å²) in [5.41, 5.74) is -2.10. The molecule has 1 unspecified atom stereocenters. The van der Waals surface area contributed by atoms with Crippen molar-refractivity contribution < 1.29 is 27.9 Å². The number of nitro benzene ring substituents is 1. The van der Waals surface area contributed by atoms with Gasteiger partial charge in [0.1, 0.15) is 0 Å². The number of nitrogens with one attached hydrogen (secondary N) is 1. The van der Waals surface area contributed by atoms with Crippen molar-refractivity contribution in [2.75, 3.05) is 25.1 Å². The van der Waals surface area contributed by atoms with Gasteiger partial charge in [0.15, 0.2) is 0 Å². The topological polar surface area (TPSA) is 84.6 Å². The van der Waals surface area contributed by atoms with Crippen molar-refractivity contribution in [3.8, 4) is 0 Å². The van der Waals surface area contributed by atoms with Gasteiger partial charge in [-0.05, 0) is 24.8 Å². The number of alkyl halides is 3. The highest BCUT2D eigenvalue weighted by Gasteiger charge is 2.35. The van der Waals surface area contributed by atoms with Gasteiger partial charge in [-0.15, -0.1) is 0 Å². The van der Waals surface area contributed by atoms with Crippen molar-refractivity contribution in [1.82, 2.24) is 0 Å². The molecule has 23 heavy (non-hydrogen) atoms. The summed E-state index contributed by atoms with van der Waals surface area (Å²) in [6.07, 6.45) is -3.50. The summed E-state index contributed by atoms with van der Waals surface area (Å²) in [6.45, 7) is 0.422. The molecule has 0 spiro atoms. The van der Waals surface area contributed by atoms with Crippen LogP contribution in [0.2, 0.25) is 0 Å². The molecule has 2 rings (SSSR count). The molecule has 0 heterocycles. The van der Waals surface area contributed by atoms with Crippen molar-refractivity contribution in [2.45, 2.75) is 25.1 Å². The Morgan fingerprint density at radius 1 is 1.43 bits per heavy atom. The first kappa shape index (κ1) is 17.5. The van der Waals surface area contributed by atoms with Gasteiger partial charge in [0.2, 0.25) is 0 Å². The zero-order chi connectivity index (χ0) is 17.0. The number of hydrogen-bond acceptors (Lipinski definition) is 5. The van der Waals surface area contributed by atoms with E-state index in [-0.39, 0.29) is 18.8 Å². The Morgan fingerprint density at radius 2 is 2.13 bits per heavy atom. The van der Waals surface area contributed by atoms with Crippen LogP contribution in [0.15, 0.2) is 18.2 Å². The van der Waals surface area contributed by atoms with Gasteiger partial charge in [0.05, 0.1) is 23.2 Å². The normalized spacial score (nSPS) is 16.2. The number of benzene rings is 1. The standard InChI is InChI=1S/C14H17F3N2O4/c15-14(16,17)12-5-10(19(21)22)3-4-13(12)18-6-11(20)8-23-7-9-1-2-9/h3-5,9,11,18,20H,1-2,6-8H2. The van der Waals surface area contributed by atoms with Crippen molar-refractivity contribution in [2.24, 2.45) is 5.92 Å². The highest BCUT2D eigenvalue weighted by molar-refractivity contribution is 5.57. The van der Waals surface area contributed by atoms with Crippen LogP contribution in [0, 0.1) is 16.0 Å². The zero-order valence-corrected chi connectivity index (χ0v) is 12.2. The van der Waals surface area contributed by atoms with Crippen LogP contribution in [-0.4, -0.2) is 35.9 Å². The molecular formula is C14H17F3N2O4. The Hall–Kier alpha value is -1.87. The predicted molar refractivity (Wildman–Crippen MR) is 76.1 cm³/mol. The number of aliphatic hydroxyl groups is 1. The maximum Gasteiger partial charge on any atom is 0.418 e. The van der Waals surface area contributed by atoms with Gasteiger partial charge in [-0.3, -0.25) is 10.1 Å². The lowest BCUT2D eigenvalue weighted by atomic mass is 10.1. The first-order valence-electron chi connectivity index (χ1n) is 7.12. The van der Waals surface area contributed by atoms with Gasteiger partial charge in [-0.1, -0.05) is 0 Å². The molecule has 1 aromatic rings. The van der Waals surface area contributed by atoms with E-state index < -0.39 is 28.5 Å². The van der Waals surface area contributed by atoms with Crippen molar-refractivity contribution in [3.63, 3.8) is 0 Å². The number of nitro groups is 1. The molecule has 1 saturated carbocycles. The van der Waals surface area contributed by atoms with E-state index in [4.69, 9.17) is 4.74 Å². The fourth-order valence-corrected chi connectivity index (χ4v) is 1.98. The van der Waals surface area contributed by atoms with E-state index in [2.05, 4.69) is 5.32 Å². The second-order valence-electron chi connectivity index (χ2n) is 5.50. The van der Waals surface area contributed by atoms with Crippen LogP contribution in [-0.2, 0) is 10.9 Å². The number of hydrogen-bond donors (Lipinski definition) is 2. The molecule has 0 radical (unpaired) electrons. The number of rotatable bonds is 8. The average molecular weight is 334 g/mol. The van der Waals surface area contributed by atoms with E-state index in [1.807, 2.05) is 0 Å². The first-order chi connectivity index (χ1) is 10.8. The molecule has 128 valence electrons. The van der Waals surface area contributed by atoms with Gasteiger partial charge in [-0.25, -0.2) is 0 Å². The molecule has 6 nitrogen and oxygen atoms in total. The third kappa shape index (κ3) is 5.36. The second-order valence-corrected chi connectivity index (χ2v) is 5.50. The Labute approximate surface area is 130 Å². The molecule has 0 aromatic heterocycles. The fourth-order valence-electron chi connectivity index (χ4n) is 1.98. The summed E-state index contributed by atoms with van der Waals surface area (Å²) in [4.78, 5) is 9.71. The van der Waals surface area contributed by atoms with E-state index in [0.717, 1.165) is 25.0 Å². The Balaban J connectivity index is 1.95. The van der Waals surface area contributed by atoms with Crippen LogP contribution >= 0.6 is 0 Å². The van der Waals surface area contributed by atoms with Gasteiger partial charge in [-0.2, -0.15) is 13.2 Å². The minimum Gasteiger partial charge on any atom is -0.389 e. The lowest BCUT2D eigenvalue weighted by molar-refractivity contribution is -0.385. The molecule has 0 saturated heterocycles. The van der Waals surface area contributed by atoms with E-state index in [1.165, 1.54) is 0 Å².